The number of rotatable bonds is 8. The zero-order valence-electron chi connectivity index (χ0n) is 18.6. The first kappa shape index (κ1) is 35.2. The van der Waals surface area contributed by atoms with Crippen molar-refractivity contribution in [3.05, 3.63) is 0 Å². The Morgan fingerprint density at radius 3 is 1.16 bits per heavy atom. The molecular formula is C16H15F17O4. The van der Waals surface area contributed by atoms with Crippen LogP contribution >= 0.6 is 0 Å². The van der Waals surface area contributed by atoms with Gasteiger partial charge in [-0.05, 0) is 13.8 Å². The highest BCUT2D eigenvalue weighted by Crippen LogP contribution is 2.56. The molecule has 21 heteroatoms. The van der Waals surface area contributed by atoms with E-state index < -0.39 is 65.4 Å². The molecule has 0 aliphatic rings. The average molecular weight is 594 g/mol. The summed E-state index contributed by atoms with van der Waals surface area (Å²) >= 11 is 0. The zero-order chi connectivity index (χ0) is 30.7. The molecule has 0 aliphatic heterocycles. The molecule has 0 radical (unpaired) electrons. The lowest BCUT2D eigenvalue weighted by Crippen LogP contribution is -2.68. The van der Waals surface area contributed by atoms with Crippen LogP contribution in [0.5, 0.6) is 0 Å². The van der Waals surface area contributed by atoms with Gasteiger partial charge in [0, 0.05) is 5.41 Å². The lowest BCUT2D eigenvalue weighted by molar-refractivity contribution is -0.549. The van der Waals surface area contributed by atoms with Crippen molar-refractivity contribution in [2.45, 2.75) is 88.6 Å². The molecule has 222 valence electrons. The van der Waals surface area contributed by atoms with Crippen LogP contribution in [0.1, 0.15) is 34.6 Å². The second-order valence-corrected chi connectivity index (χ2v) is 8.65. The smallest absolute Gasteiger partial charge is 0.455 e. The van der Waals surface area contributed by atoms with E-state index in [0.29, 0.717) is 13.8 Å². The summed E-state index contributed by atoms with van der Waals surface area (Å²) in [5, 5.41) is 0. The predicted molar refractivity (Wildman–Crippen MR) is 82.5 cm³/mol. The van der Waals surface area contributed by atoms with E-state index in [1.165, 1.54) is 4.74 Å². The van der Waals surface area contributed by atoms with Gasteiger partial charge in [0.2, 0.25) is 0 Å². The molecule has 0 spiro atoms. The van der Waals surface area contributed by atoms with Crippen LogP contribution in [0.15, 0.2) is 0 Å². The molecule has 0 N–H and O–H groups in total. The predicted octanol–water partition coefficient (Wildman–Crippen LogP) is 7.23. The van der Waals surface area contributed by atoms with Crippen LogP contribution < -0.4 is 0 Å². The Balaban J connectivity index is 6.89. The van der Waals surface area contributed by atoms with Crippen molar-refractivity contribution in [1.29, 1.82) is 0 Å². The van der Waals surface area contributed by atoms with E-state index in [1.54, 1.807) is 0 Å². The van der Waals surface area contributed by atoms with Crippen LogP contribution in [-0.2, 0) is 19.0 Å². The molecule has 0 aromatic heterocycles. The molecular weight excluding hydrogens is 579 g/mol. The van der Waals surface area contributed by atoms with Gasteiger partial charge in [-0.25, -0.2) is 4.79 Å². The van der Waals surface area contributed by atoms with Gasteiger partial charge in [-0.3, -0.25) is 9.47 Å². The van der Waals surface area contributed by atoms with E-state index in [1.807, 2.05) is 4.74 Å². The molecule has 0 saturated carbocycles. The normalized spacial score (nSPS) is 18.8. The van der Waals surface area contributed by atoms with E-state index in [0.717, 1.165) is 20.8 Å². The molecule has 4 nitrogen and oxygen atoms in total. The Bertz CT molecular complexity index is 836. The van der Waals surface area contributed by atoms with Gasteiger partial charge in [-0.15, -0.1) is 0 Å². The molecule has 0 heterocycles. The fourth-order valence-corrected chi connectivity index (χ4v) is 1.60. The van der Waals surface area contributed by atoms with Crippen molar-refractivity contribution in [2.75, 3.05) is 0 Å². The van der Waals surface area contributed by atoms with Crippen molar-refractivity contribution < 1.29 is 93.6 Å². The molecule has 0 fully saturated rings. The molecule has 0 rings (SSSR count). The van der Waals surface area contributed by atoms with Crippen molar-refractivity contribution in [3.8, 4) is 0 Å². The molecule has 0 bridgehead atoms. The fourth-order valence-electron chi connectivity index (χ4n) is 1.60. The summed E-state index contributed by atoms with van der Waals surface area (Å²) in [6.45, 7) is 4.65. The number of hydrogen-bond donors (Lipinski definition) is 0. The molecule has 0 unspecified atom stereocenters. The topological polar surface area (TPSA) is 44.8 Å². The van der Waals surface area contributed by atoms with E-state index in [-0.39, 0.29) is 0 Å². The number of halogens is 17. The standard InChI is InChI=1S/C16H15F17O4/c1-7(2,3)8(4,5)35-6(34)9(17,12(21,22)23)36-16(32,33)11(20,14(27,28)29)37-15(30,31)10(18,19)13(24,25)26/h1-5H3/t9-,11+/m0/s1. The quantitative estimate of drug-likeness (QED) is 0.220. The van der Waals surface area contributed by atoms with Crippen LogP contribution in [0.25, 0.3) is 0 Å². The maximum Gasteiger partial charge on any atom is 0.462 e. The Kier molecular flexibility index (Phi) is 8.70. The highest BCUT2D eigenvalue weighted by atomic mass is 19.4. The largest absolute Gasteiger partial charge is 0.462 e. The van der Waals surface area contributed by atoms with Crippen LogP contribution in [0.4, 0.5) is 74.6 Å². The minimum atomic E-state index is -8.07. The lowest BCUT2D eigenvalue weighted by atomic mass is 9.79. The summed E-state index contributed by atoms with van der Waals surface area (Å²) in [7, 11) is 0. The van der Waals surface area contributed by atoms with Gasteiger partial charge in [0.05, 0.1) is 0 Å². The number of alkyl halides is 17. The highest BCUT2D eigenvalue weighted by Gasteiger charge is 2.85. The summed E-state index contributed by atoms with van der Waals surface area (Å²) < 4.78 is 230. The summed E-state index contributed by atoms with van der Waals surface area (Å²) in [5.41, 5.74) is -3.82. The molecule has 2 atom stereocenters. The number of esters is 1. The number of ether oxygens (including phenoxy) is 3. The molecule has 0 saturated heterocycles. The highest BCUT2D eigenvalue weighted by molar-refractivity contribution is 5.79. The fraction of sp³-hybridized carbons (Fsp3) is 0.938. The monoisotopic (exact) mass is 594 g/mol. The molecule has 0 aromatic carbocycles. The SMILES string of the molecule is CC(C)(C)C(C)(C)OC(=O)[C@](F)(OC(F)(F)[C@](F)(OC(F)(F)C(F)(F)C(F)(F)F)C(F)(F)F)C(F)(F)F. The first-order valence-corrected chi connectivity index (χ1v) is 8.89. The van der Waals surface area contributed by atoms with Crippen molar-refractivity contribution >= 4 is 5.97 Å². The first-order valence-electron chi connectivity index (χ1n) is 8.89. The van der Waals surface area contributed by atoms with Gasteiger partial charge >= 0.3 is 54.3 Å². The zero-order valence-corrected chi connectivity index (χ0v) is 18.6. The summed E-state index contributed by atoms with van der Waals surface area (Å²) in [6.07, 6.45) is -38.6. The molecule has 37 heavy (non-hydrogen) atoms. The van der Waals surface area contributed by atoms with Crippen molar-refractivity contribution in [1.82, 2.24) is 0 Å². The summed E-state index contributed by atoms with van der Waals surface area (Å²) in [6, 6.07) is 0. The van der Waals surface area contributed by atoms with Gasteiger partial charge in [0.15, 0.2) is 0 Å². The minimum Gasteiger partial charge on any atom is -0.455 e. The molecule has 0 aromatic rings. The third-order valence-corrected chi connectivity index (χ3v) is 4.78. The van der Waals surface area contributed by atoms with Gasteiger partial charge in [0.1, 0.15) is 5.60 Å². The maximum atomic E-state index is 14.5. The number of carbonyl (C=O) groups is 1. The number of carbonyl (C=O) groups excluding carboxylic acids is 1. The lowest BCUT2D eigenvalue weighted by Gasteiger charge is -2.42. The minimum absolute atomic E-state index is 0.706. The molecule has 0 amide bonds. The third-order valence-electron chi connectivity index (χ3n) is 4.78. The Labute approximate surface area is 195 Å². The second-order valence-electron chi connectivity index (χ2n) is 8.65. The average Bonchev–Trinajstić information content (AvgIpc) is 2.56. The van der Waals surface area contributed by atoms with Gasteiger partial charge in [-0.1, -0.05) is 20.8 Å². The van der Waals surface area contributed by atoms with E-state index in [2.05, 4.69) is 4.74 Å². The van der Waals surface area contributed by atoms with Crippen molar-refractivity contribution in [3.63, 3.8) is 0 Å². The van der Waals surface area contributed by atoms with Crippen LogP contribution in [-0.4, -0.2) is 59.9 Å². The second kappa shape index (κ2) is 9.15. The number of hydrogen-bond acceptors (Lipinski definition) is 4. The van der Waals surface area contributed by atoms with E-state index in [4.69, 9.17) is 0 Å². The van der Waals surface area contributed by atoms with E-state index in [9.17, 15) is 79.4 Å². The van der Waals surface area contributed by atoms with Gasteiger partial charge < -0.3 is 4.74 Å². The van der Waals surface area contributed by atoms with Gasteiger partial charge in [-0.2, -0.15) is 74.6 Å². The van der Waals surface area contributed by atoms with Crippen molar-refractivity contribution in [2.24, 2.45) is 5.41 Å². The van der Waals surface area contributed by atoms with Crippen LogP contribution in [0.2, 0.25) is 0 Å². The molecule has 0 aliphatic carbocycles. The van der Waals surface area contributed by atoms with E-state index >= 15 is 0 Å². The maximum absolute atomic E-state index is 14.5. The summed E-state index contributed by atoms with van der Waals surface area (Å²) in [4.78, 5) is 11.8. The van der Waals surface area contributed by atoms with Crippen LogP contribution in [0, 0.1) is 5.41 Å². The Morgan fingerprint density at radius 1 is 0.514 bits per heavy atom. The van der Waals surface area contributed by atoms with Gasteiger partial charge in [0.25, 0.3) is 0 Å². The Morgan fingerprint density at radius 2 is 0.892 bits per heavy atom. The Hall–Kier alpha value is -1.80. The summed E-state index contributed by atoms with van der Waals surface area (Å²) in [5.74, 6) is -26.5. The third kappa shape index (κ3) is 6.27. The first-order chi connectivity index (χ1) is 15.5. The van der Waals surface area contributed by atoms with Crippen LogP contribution in [0.3, 0.4) is 0 Å².